The number of hydrogen-bond donors (Lipinski definition) is 0. The largest absolute Gasteiger partial charge is 0.420 e. The molecule has 1 aliphatic rings. The summed E-state index contributed by atoms with van der Waals surface area (Å²) in [4.78, 5) is 0.889. The highest BCUT2D eigenvalue weighted by Crippen LogP contribution is 2.31. The van der Waals surface area contributed by atoms with E-state index in [-0.39, 0.29) is 11.7 Å². The van der Waals surface area contributed by atoms with E-state index in [9.17, 15) is 12.8 Å². The van der Waals surface area contributed by atoms with Crippen molar-refractivity contribution in [1.29, 1.82) is 0 Å². The maximum atomic E-state index is 13.4. The minimum Gasteiger partial charge on any atom is -0.420 e. The van der Waals surface area contributed by atoms with Crippen LogP contribution in [0.4, 0.5) is 4.39 Å². The average Bonchev–Trinajstić information content (AvgIpc) is 3.33. The summed E-state index contributed by atoms with van der Waals surface area (Å²) >= 11 is 1.51. The molecule has 0 bridgehead atoms. The molecule has 3 aromatic rings. The minimum atomic E-state index is -3.55. The van der Waals surface area contributed by atoms with E-state index in [0.717, 1.165) is 11.3 Å². The molecule has 1 aromatic carbocycles. The molecule has 0 spiro atoms. The van der Waals surface area contributed by atoms with Gasteiger partial charge in [0.15, 0.2) is 0 Å². The molecule has 1 fully saturated rings. The molecular formula is C18H18FN3O3S2. The molecule has 0 aliphatic carbocycles. The lowest BCUT2D eigenvalue weighted by atomic mass is 10.00. The molecule has 0 saturated carbocycles. The fourth-order valence-electron chi connectivity index (χ4n) is 3.22. The third kappa shape index (κ3) is 4.10. The van der Waals surface area contributed by atoms with Crippen LogP contribution in [0.25, 0.3) is 10.8 Å². The summed E-state index contributed by atoms with van der Waals surface area (Å²) in [6.45, 7) is 0.740. The highest BCUT2D eigenvalue weighted by molar-refractivity contribution is 7.88. The van der Waals surface area contributed by atoms with E-state index in [0.29, 0.717) is 36.9 Å². The second-order valence-electron chi connectivity index (χ2n) is 6.51. The van der Waals surface area contributed by atoms with Gasteiger partial charge in [-0.25, -0.2) is 17.1 Å². The fraction of sp³-hybridized carbons (Fsp3) is 0.333. The third-order valence-corrected chi connectivity index (χ3v) is 7.21. The Morgan fingerprint density at radius 2 is 2.15 bits per heavy atom. The first kappa shape index (κ1) is 18.3. The van der Waals surface area contributed by atoms with E-state index in [1.54, 1.807) is 6.07 Å². The molecule has 142 valence electrons. The lowest BCUT2D eigenvalue weighted by Gasteiger charge is -2.30. The Balaban J connectivity index is 1.49. The van der Waals surface area contributed by atoms with Gasteiger partial charge in [0.25, 0.3) is 5.89 Å². The van der Waals surface area contributed by atoms with Crippen LogP contribution in [0.2, 0.25) is 0 Å². The quantitative estimate of drug-likeness (QED) is 0.645. The highest BCUT2D eigenvalue weighted by atomic mass is 32.2. The summed E-state index contributed by atoms with van der Waals surface area (Å²) in [6, 6.07) is 9.50. The number of sulfonamides is 1. The van der Waals surface area contributed by atoms with Gasteiger partial charge >= 0.3 is 0 Å². The summed E-state index contributed by atoms with van der Waals surface area (Å²) in [5.41, 5.74) is 0.440. The van der Waals surface area contributed by atoms with Crippen LogP contribution in [-0.2, 0) is 15.8 Å². The zero-order chi connectivity index (χ0) is 18.9. The van der Waals surface area contributed by atoms with Crippen LogP contribution >= 0.6 is 11.3 Å². The molecule has 6 nitrogen and oxygen atoms in total. The number of nitrogens with zero attached hydrogens (tertiary/aromatic N) is 3. The van der Waals surface area contributed by atoms with Gasteiger partial charge in [-0.2, -0.15) is 0 Å². The van der Waals surface area contributed by atoms with Gasteiger partial charge in [0, 0.05) is 13.1 Å². The molecule has 4 rings (SSSR count). The molecule has 1 aliphatic heterocycles. The van der Waals surface area contributed by atoms with Crippen molar-refractivity contribution in [3.63, 3.8) is 0 Å². The summed E-state index contributed by atoms with van der Waals surface area (Å²) in [6.07, 6.45) is 1.50. The fourth-order valence-corrected chi connectivity index (χ4v) is 5.47. The van der Waals surface area contributed by atoms with Gasteiger partial charge in [-0.1, -0.05) is 18.2 Å². The number of thiophene rings is 1. The Morgan fingerprint density at radius 1 is 1.26 bits per heavy atom. The maximum Gasteiger partial charge on any atom is 0.257 e. The Kier molecular flexibility index (Phi) is 5.07. The predicted octanol–water partition coefficient (Wildman–Crippen LogP) is 3.65. The molecule has 0 N–H and O–H groups in total. The third-order valence-electron chi connectivity index (χ3n) is 4.54. The van der Waals surface area contributed by atoms with Crippen LogP contribution in [0.15, 0.2) is 46.2 Å². The number of rotatable bonds is 5. The Morgan fingerprint density at radius 3 is 2.93 bits per heavy atom. The van der Waals surface area contributed by atoms with Crippen LogP contribution in [0, 0.1) is 5.82 Å². The van der Waals surface area contributed by atoms with Crippen molar-refractivity contribution >= 4 is 21.4 Å². The van der Waals surface area contributed by atoms with Crippen molar-refractivity contribution in [2.75, 3.05) is 13.1 Å². The molecule has 1 saturated heterocycles. The summed E-state index contributed by atoms with van der Waals surface area (Å²) in [5, 5.41) is 10.1. The van der Waals surface area contributed by atoms with Crippen LogP contribution in [0.3, 0.4) is 0 Å². The highest BCUT2D eigenvalue weighted by Gasteiger charge is 2.32. The van der Waals surface area contributed by atoms with E-state index in [1.165, 1.54) is 33.8 Å². The molecule has 27 heavy (non-hydrogen) atoms. The zero-order valence-corrected chi connectivity index (χ0v) is 16.0. The van der Waals surface area contributed by atoms with E-state index in [4.69, 9.17) is 4.42 Å². The zero-order valence-electron chi connectivity index (χ0n) is 14.4. The van der Waals surface area contributed by atoms with Crippen LogP contribution < -0.4 is 0 Å². The normalized spacial score (nSPS) is 18.6. The van der Waals surface area contributed by atoms with E-state index < -0.39 is 15.8 Å². The molecule has 0 unspecified atom stereocenters. The van der Waals surface area contributed by atoms with Crippen molar-refractivity contribution in [3.8, 4) is 10.8 Å². The second-order valence-corrected chi connectivity index (χ2v) is 9.42. The minimum absolute atomic E-state index is 0.137. The predicted molar refractivity (Wildman–Crippen MR) is 100 cm³/mol. The average molecular weight is 407 g/mol. The topological polar surface area (TPSA) is 76.3 Å². The lowest BCUT2D eigenvalue weighted by molar-refractivity contribution is 0.286. The SMILES string of the molecule is O=S(=O)(Cc1cccc(F)c1)N1CCC[C@@H](c2nnc(-c3cccs3)o2)C1. The van der Waals surface area contributed by atoms with Crippen molar-refractivity contribution < 1.29 is 17.2 Å². The smallest absolute Gasteiger partial charge is 0.257 e. The van der Waals surface area contributed by atoms with Gasteiger partial charge in [0.2, 0.25) is 15.9 Å². The number of piperidine rings is 1. The molecule has 9 heteroatoms. The van der Waals surface area contributed by atoms with Gasteiger partial charge in [0.1, 0.15) is 5.82 Å². The molecule has 0 radical (unpaired) electrons. The van der Waals surface area contributed by atoms with E-state index in [2.05, 4.69) is 10.2 Å². The van der Waals surface area contributed by atoms with Gasteiger partial charge in [0.05, 0.1) is 16.5 Å². The Labute approximate surface area is 160 Å². The molecule has 2 aromatic heterocycles. The first-order chi connectivity index (χ1) is 13.0. The maximum absolute atomic E-state index is 13.4. The Hall–Kier alpha value is -2.10. The summed E-state index contributed by atoms with van der Waals surface area (Å²) in [5.74, 6) is 0.124. The summed E-state index contributed by atoms with van der Waals surface area (Å²) in [7, 11) is -3.55. The lowest BCUT2D eigenvalue weighted by Crippen LogP contribution is -2.39. The monoisotopic (exact) mass is 407 g/mol. The number of benzene rings is 1. The van der Waals surface area contributed by atoms with Crippen LogP contribution in [0.5, 0.6) is 0 Å². The van der Waals surface area contributed by atoms with Gasteiger partial charge in [-0.15, -0.1) is 21.5 Å². The van der Waals surface area contributed by atoms with E-state index >= 15 is 0 Å². The van der Waals surface area contributed by atoms with Gasteiger partial charge in [-0.3, -0.25) is 0 Å². The number of hydrogen-bond acceptors (Lipinski definition) is 6. The van der Waals surface area contributed by atoms with Gasteiger partial charge < -0.3 is 4.42 Å². The van der Waals surface area contributed by atoms with Crippen molar-refractivity contribution in [3.05, 3.63) is 59.0 Å². The van der Waals surface area contributed by atoms with Crippen molar-refractivity contribution in [2.45, 2.75) is 24.5 Å². The standard InChI is InChI=1S/C18H18FN3O3S2/c19-15-6-1-4-13(10-15)12-27(23,24)22-8-2-5-14(11-22)17-20-21-18(25-17)16-7-3-9-26-16/h1,3-4,6-7,9-10,14H,2,5,8,11-12H2/t14-/m1/s1. The summed E-state index contributed by atoms with van der Waals surface area (Å²) < 4.78 is 46.1. The van der Waals surface area contributed by atoms with E-state index in [1.807, 2.05) is 17.5 Å². The van der Waals surface area contributed by atoms with Crippen molar-refractivity contribution in [2.24, 2.45) is 0 Å². The first-order valence-corrected chi connectivity index (χ1v) is 11.1. The van der Waals surface area contributed by atoms with Crippen LogP contribution in [-0.4, -0.2) is 36.0 Å². The van der Waals surface area contributed by atoms with Crippen LogP contribution in [0.1, 0.15) is 30.2 Å². The number of aromatic nitrogens is 2. The first-order valence-electron chi connectivity index (χ1n) is 8.61. The van der Waals surface area contributed by atoms with Gasteiger partial charge in [-0.05, 0) is 42.0 Å². The molecule has 3 heterocycles. The Bertz CT molecular complexity index is 1020. The molecular weight excluding hydrogens is 389 g/mol. The molecule has 1 atom stereocenters. The van der Waals surface area contributed by atoms with Crippen molar-refractivity contribution in [1.82, 2.24) is 14.5 Å². The number of halogens is 1. The molecule has 0 amide bonds. The second kappa shape index (κ2) is 7.49.